The van der Waals surface area contributed by atoms with Gasteiger partial charge in [-0.25, -0.2) is 18.4 Å². The standard InChI is InChI=1S/C17H17F2NO6/c1-16(2)25-14(21)10(15(22)26-16)8-20-9-4-5-11(12(6-9)23-3)24-13-7-17(13,18)19/h4-6,8,13,20H,7H2,1-3H3. The fraction of sp³-hybridized carbons (Fsp3) is 0.412. The van der Waals surface area contributed by atoms with Gasteiger partial charge in [0.25, 0.3) is 11.7 Å². The Labute approximate surface area is 147 Å². The molecule has 0 radical (unpaired) electrons. The molecule has 1 N–H and O–H groups in total. The van der Waals surface area contributed by atoms with Gasteiger partial charge in [-0.2, -0.15) is 0 Å². The van der Waals surface area contributed by atoms with Crippen molar-refractivity contribution in [1.29, 1.82) is 0 Å². The highest BCUT2D eigenvalue weighted by atomic mass is 19.3. The lowest BCUT2D eigenvalue weighted by Gasteiger charge is -2.29. The molecule has 1 saturated heterocycles. The molecule has 1 aromatic carbocycles. The molecule has 140 valence electrons. The molecule has 9 heteroatoms. The fourth-order valence-corrected chi connectivity index (χ4v) is 2.26. The van der Waals surface area contributed by atoms with Crippen LogP contribution in [0, 0.1) is 0 Å². The monoisotopic (exact) mass is 369 g/mol. The highest BCUT2D eigenvalue weighted by Crippen LogP contribution is 2.46. The summed E-state index contributed by atoms with van der Waals surface area (Å²) in [5.41, 5.74) is 0.135. The Morgan fingerprint density at radius 3 is 2.35 bits per heavy atom. The summed E-state index contributed by atoms with van der Waals surface area (Å²) < 4.78 is 46.2. The Balaban J connectivity index is 1.72. The van der Waals surface area contributed by atoms with Crippen LogP contribution in [0.15, 0.2) is 30.0 Å². The molecule has 1 unspecified atom stereocenters. The second kappa shape index (κ2) is 6.15. The maximum Gasteiger partial charge on any atom is 0.350 e. The topological polar surface area (TPSA) is 83.1 Å². The van der Waals surface area contributed by atoms with Gasteiger partial charge >= 0.3 is 11.9 Å². The summed E-state index contributed by atoms with van der Waals surface area (Å²) in [6.45, 7) is 2.89. The van der Waals surface area contributed by atoms with Crippen LogP contribution < -0.4 is 14.8 Å². The Morgan fingerprint density at radius 2 is 1.81 bits per heavy atom. The zero-order valence-electron chi connectivity index (χ0n) is 14.3. The van der Waals surface area contributed by atoms with Gasteiger partial charge in [-0.1, -0.05) is 0 Å². The molecule has 26 heavy (non-hydrogen) atoms. The summed E-state index contributed by atoms with van der Waals surface area (Å²) in [7, 11) is 1.37. The Kier molecular flexibility index (Phi) is 4.25. The molecule has 0 amide bonds. The molecule has 0 aromatic heterocycles. The molecule has 0 spiro atoms. The van der Waals surface area contributed by atoms with Crippen LogP contribution in [0.5, 0.6) is 11.5 Å². The van der Waals surface area contributed by atoms with Crippen molar-refractivity contribution in [3.05, 3.63) is 30.0 Å². The maximum atomic E-state index is 13.0. The molecule has 1 saturated carbocycles. The molecule has 7 nitrogen and oxygen atoms in total. The van der Waals surface area contributed by atoms with Crippen LogP contribution in [0.2, 0.25) is 0 Å². The van der Waals surface area contributed by atoms with Crippen LogP contribution in [0.3, 0.4) is 0 Å². The largest absolute Gasteiger partial charge is 0.493 e. The van der Waals surface area contributed by atoms with Crippen LogP contribution >= 0.6 is 0 Å². The third-order valence-corrected chi connectivity index (χ3v) is 3.70. The zero-order chi connectivity index (χ0) is 19.1. The molecule has 1 heterocycles. The maximum absolute atomic E-state index is 13.0. The van der Waals surface area contributed by atoms with Gasteiger partial charge in [0.05, 0.1) is 13.5 Å². The first-order valence-electron chi connectivity index (χ1n) is 7.77. The van der Waals surface area contributed by atoms with Gasteiger partial charge in [0.2, 0.25) is 0 Å². The summed E-state index contributed by atoms with van der Waals surface area (Å²) in [4.78, 5) is 23.7. The Morgan fingerprint density at radius 1 is 1.19 bits per heavy atom. The van der Waals surface area contributed by atoms with Crippen molar-refractivity contribution in [3.63, 3.8) is 0 Å². The van der Waals surface area contributed by atoms with E-state index in [1.807, 2.05) is 0 Å². The van der Waals surface area contributed by atoms with E-state index in [9.17, 15) is 18.4 Å². The molecular weight excluding hydrogens is 352 g/mol. The molecule has 1 atom stereocenters. The Hall–Kier alpha value is -2.84. The molecule has 3 rings (SSSR count). The van der Waals surface area contributed by atoms with E-state index in [1.54, 1.807) is 0 Å². The number of rotatable bonds is 5. The first-order chi connectivity index (χ1) is 12.1. The van der Waals surface area contributed by atoms with Crippen molar-refractivity contribution in [2.45, 2.75) is 38.1 Å². The number of nitrogens with one attached hydrogen (secondary N) is 1. The highest BCUT2D eigenvalue weighted by Gasteiger charge is 2.60. The van der Waals surface area contributed by atoms with Crippen LogP contribution in [-0.4, -0.2) is 36.9 Å². The smallest absolute Gasteiger partial charge is 0.350 e. The van der Waals surface area contributed by atoms with Crippen molar-refractivity contribution in [1.82, 2.24) is 0 Å². The number of benzene rings is 1. The molecular formula is C17H17F2NO6. The number of esters is 2. The van der Waals surface area contributed by atoms with Crippen molar-refractivity contribution in [2.24, 2.45) is 0 Å². The average Bonchev–Trinajstić information content (AvgIpc) is 3.12. The second-order valence-electron chi connectivity index (χ2n) is 6.32. The highest BCUT2D eigenvalue weighted by molar-refractivity contribution is 6.15. The minimum atomic E-state index is -2.82. The van der Waals surface area contributed by atoms with Gasteiger partial charge in [-0.3, -0.25) is 0 Å². The summed E-state index contributed by atoms with van der Waals surface area (Å²) in [5.74, 6) is -5.37. The van der Waals surface area contributed by atoms with Crippen molar-refractivity contribution in [2.75, 3.05) is 12.4 Å². The van der Waals surface area contributed by atoms with E-state index in [4.69, 9.17) is 18.9 Å². The molecule has 1 aliphatic heterocycles. The van der Waals surface area contributed by atoms with E-state index in [0.717, 1.165) is 6.20 Å². The predicted octanol–water partition coefficient (Wildman–Crippen LogP) is 2.61. The van der Waals surface area contributed by atoms with Crippen LogP contribution in [0.1, 0.15) is 20.3 Å². The summed E-state index contributed by atoms with van der Waals surface area (Å²) >= 11 is 0. The van der Waals surface area contributed by atoms with Crippen LogP contribution in [0.4, 0.5) is 14.5 Å². The lowest BCUT2D eigenvalue weighted by molar-refractivity contribution is -0.222. The van der Waals surface area contributed by atoms with Gasteiger partial charge < -0.3 is 24.3 Å². The van der Waals surface area contributed by atoms with Crippen LogP contribution in [-0.2, 0) is 19.1 Å². The molecule has 1 aliphatic carbocycles. The number of hydrogen-bond donors (Lipinski definition) is 1. The number of carbonyl (C=O) groups excluding carboxylic acids is 2. The van der Waals surface area contributed by atoms with Crippen molar-refractivity contribution >= 4 is 17.6 Å². The van der Waals surface area contributed by atoms with Gasteiger partial charge in [-0.15, -0.1) is 0 Å². The summed E-state index contributed by atoms with van der Waals surface area (Å²) in [6.07, 6.45) is -0.347. The number of carbonyl (C=O) groups is 2. The van der Waals surface area contributed by atoms with E-state index in [1.165, 1.54) is 39.2 Å². The molecule has 0 bridgehead atoms. The van der Waals surface area contributed by atoms with Crippen molar-refractivity contribution < 1.29 is 37.3 Å². The van der Waals surface area contributed by atoms with Gasteiger partial charge in [0.1, 0.15) is 0 Å². The SMILES string of the molecule is COc1cc(NC=C2C(=O)OC(C)(C)OC2=O)ccc1OC1CC1(F)F. The Bertz CT molecular complexity index is 767. The lowest BCUT2D eigenvalue weighted by Crippen LogP contribution is -2.42. The number of halogens is 2. The molecule has 2 fully saturated rings. The first kappa shape index (κ1) is 18.0. The van der Waals surface area contributed by atoms with E-state index in [-0.39, 0.29) is 23.5 Å². The minimum Gasteiger partial charge on any atom is -0.493 e. The fourth-order valence-electron chi connectivity index (χ4n) is 2.26. The van der Waals surface area contributed by atoms with E-state index in [0.29, 0.717) is 5.69 Å². The van der Waals surface area contributed by atoms with Gasteiger partial charge in [0, 0.05) is 31.8 Å². The van der Waals surface area contributed by atoms with Crippen LogP contribution in [0.25, 0.3) is 0 Å². The third-order valence-electron chi connectivity index (χ3n) is 3.70. The zero-order valence-corrected chi connectivity index (χ0v) is 14.3. The lowest BCUT2D eigenvalue weighted by atomic mass is 10.2. The third kappa shape index (κ3) is 3.71. The van der Waals surface area contributed by atoms with Gasteiger partial charge in [-0.05, 0) is 12.1 Å². The number of ether oxygens (including phenoxy) is 4. The normalized spacial score (nSPS) is 22.8. The number of methoxy groups -OCH3 is 1. The average molecular weight is 369 g/mol. The second-order valence-corrected chi connectivity index (χ2v) is 6.32. The van der Waals surface area contributed by atoms with E-state index < -0.39 is 29.8 Å². The van der Waals surface area contributed by atoms with E-state index >= 15 is 0 Å². The molecule has 2 aliphatic rings. The summed E-state index contributed by atoms with van der Waals surface area (Å²) in [6, 6.07) is 4.46. The first-order valence-corrected chi connectivity index (χ1v) is 7.77. The van der Waals surface area contributed by atoms with Gasteiger partial charge in [0.15, 0.2) is 23.2 Å². The quantitative estimate of drug-likeness (QED) is 0.485. The summed E-state index contributed by atoms with van der Waals surface area (Å²) in [5, 5.41) is 2.74. The number of anilines is 1. The molecule has 1 aromatic rings. The number of cyclic esters (lactones) is 2. The minimum absolute atomic E-state index is 0.172. The van der Waals surface area contributed by atoms with Crippen molar-refractivity contribution in [3.8, 4) is 11.5 Å². The van der Waals surface area contributed by atoms with E-state index in [2.05, 4.69) is 5.32 Å². The number of alkyl halides is 2. The predicted molar refractivity (Wildman–Crippen MR) is 84.9 cm³/mol. The number of hydrogen-bond acceptors (Lipinski definition) is 7.